The van der Waals surface area contributed by atoms with Crippen molar-refractivity contribution in [1.29, 1.82) is 0 Å². The molecule has 5 atom stereocenters. The van der Waals surface area contributed by atoms with Gasteiger partial charge in [-0.2, -0.15) is 0 Å². The third-order valence-electron chi connectivity index (χ3n) is 7.17. The third-order valence-corrected chi connectivity index (χ3v) is 7.17. The topological polar surface area (TPSA) is 97.9 Å². The number of fused-ring (bicyclic) bond motifs is 4. The van der Waals surface area contributed by atoms with Gasteiger partial charge in [0, 0.05) is 13.1 Å². The lowest BCUT2D eigenvalue weighted by atomic mass is 9.76. The number of carbonyl (C=O) groups excluding carboxylic acids is 2. The summed E-state index contributed by atoms with van der Waals surface area (Å²) in [7, 11) is 1.74. The number of hydrogen-bond acceptors (Lipinski definition) is 5. The molecule has 9 nitrogen and oxygen atoms in total. The van der Waals surface area contributed by atoms with Gasteiger partial charge in [0.05, 0.1) is 36.5 Å². The van der Waals surface area contributed by atoms with Gasteiger partial charge in [-0.3, -0.25) is 9.59 Å². The van der Waals surface area contributed by atoms with Crippen molar-refractivity contribution in [1.82, 2.24) is 24.4 Å². The van der Waals surface area contributed by atoms with E-state index in [9.17, 15) is 14.4 Å². The molecule has 6 rings (SSSR count). The van der Waals surface area contributed by atoms with Gasteiger partial charge in [-0.25, -0.2) is 13.9 Å². The van der Waals surface area contributed by atoms with Gasteiger partial charge in [0.2, 0.25) is 11.8 Å². The molecule has 170 valence electrons. The standard InChI is InChI=1S/C24H25N5O4/c1-13-10-15-6-4-5-7-16(15)29-20(13)26-28(23(29)32)11-14(2)25-21(30)18-17-8-9-24(33-17)12-27(3)22(31)19(18)24/h4-10,14,17-19H,11-12H2,1-3H3,(H,25,30)/t14-,17+,18+,19-,24-/m0/s1. The summed E-state index contributed by atoms with van der Waals surface area (Å²) in [4.78, 5) is 40.7. The van der Waals surface area contributed by atoms with Crippen molar-refractivity contribution in [2.45, 2.75) is 38.1 Å². The fourth-order valence-corrected chi connectivity index (χ4v) is 5.75. The van der Waals surface area contributed by atoms with Gasteiger partial charge in [0.1, 0.15) is 5.60 Å². The number of carbonyl (C=O) groups is 2. The van der Waals surface area contributed by atoms with Crippen LogP contribution in [0.5, 0.6) is 0 Å². The van der Waals surface area contributed by atoms with Crippen LogP contribution < -0.4 is 11.0 Å². The second-order valence-corrected chi connectivity index (χ2v) is 9.51. The summed E-state index contributed by atoms with van der Waals surface area (Å²) in [5.41, 5.74) is 1.36. The van der Waals surface area contributed by atoms with Crippen LogP contribution >= 0.6 is 0 Å². The van der Waals surface area contributed by atoms with E-state index in [0.717, 1.165) is 16.5 Å². The Kier molecular flexibility index (Phi) is 4.14. The highest BCUT2D eigenvalue weighted by molar-refractivity contribution is 5.93. The number of aryl methyl sites for hydroxylation is 1. The van der Waals surface area contributed by atoms with E-state index in [1.54, 1.807) is 16.3 Å². The average Bonchev–Trinajstić information content (AvgIpc) is 3.48. The van der Waals surface area contributed by atoms with Crippen LogP contribution in [0.25, 0.3) is 16.6 Å². The Bertz CT molecular complexity index is 1420. The summed E-state index contributed by atoms with van der Waals surface area (Å²) in [6.07, 6.45) is 3.42. The molecule has 2 saturated heterocycles. The number of para-hydroxylation sites is 1. The van der Waals surface area contributed by atoms with Gasteiger partial charge < -0.3 is 15.0 Å². The first-order valence-electron chi connectivity index (χ1n) is 11.2. The minimum Gasteiger partial charge on any atom is -0.360 e. The summed E-state index contributed by atoms with van der Waals surface area (Å²) in [6.45, 7) is 4.45. The van der Waals surface area contributed by atoms with Crippen LogP contribution in [0.15, 0.2) is 47.3 Å². The van der Waals surface area contributed by atoms with Crippen molar-refractivity contribution in [3.63, 3.8) is 0 Å². The predicted molar refractivity (Wildman–Crippen MR) is 121 cm³/mol. The van der Waals surface area contributed by atoms with E-state index >= 15 is 0 Å². The molecule has 0 aliphatic carbocycles. The van der Waals surface area contributed by atoms with Crippen LogP contribution in [-0.2, 0) is 20.9 Å². The Morgan fingerprint density at radius 2 is 2.12 bits per heavy atom. The number of nitrogens with one attached hydrogen (secondary N) is 1. The first-order chi connectivity index (χ1) is 15.8. The number of likely N-dealkylation sites (tertiary alicyclic amines) is 1. The first-order valence-corrected chi connectivity index (χ1v) is 11.2. The van der Waals surface area contributed by atoms with Gasteiger partial charge in [-0.05, 0) is 36.9 Å². The molecule has 0 unspecified atom stereocenters. The molecule has 2 amide bonds. The zero-order chi connectivity index (χ0) is 23.1. The number of nitrogens with zero attached hydrogens (tertiary/aromatic N) is 4. The largest absolute Gasteiger partial charge is 0.360 e. The molecule has 1 aromatic carbocycles. The second kappa shape index (κ2) is 6.77. The molecule has 3 aliphatic heterocycles. The maximum atomic E-state index is 13.2. The van der Waals surface area contributed by atoms with E-state index in [0.29, 0.717) is 12.2 Å². The van der Waals surface area contributed by atoms with Gasteiger partial charge in [0.15, 0.2) is 5.65 Å². The van der Waals surface area contributed by atoms with Gasteiger partial charge in [-0.15, -0.1) is 5.10 Å². The summed E-state index contributed by atoms with van der Waals surface area (Å²) in [5.74, 6) is -1.37. The van der Waals surface area contributed by atoms with Gasteiger partial charge >= 0.3 is 5.69 Å². The number of pyridine rings is 1. The molecule has 33 heavy (non-hydrogen) atoms. The van der Waals surface area contributed by atoms with Crippen molar-refractivity contribution < 1.29 is 14.3 Å². The molecule has 0 radical (unpaired) electrons. The van der Waals surface area contributed by atoms with E-state index < -0.39 is 23.5 Å². The lowest BCUT2D eigenvalue weighted by Gasteiger charge is -2.25. The highest BCUT2D eigenvalue weighted by Crippen LogP contribution is 2.51. The predicted octanol–water partition coefficient (Wildman–Crippen LogP) is 0.874. The fraction of sp³-hybridized carbons (Fsp3) is 0.417. The second-order valence-electron chi connectivity index (χ2n) is 9.51. The van der Waals surface area contributed by atoms with Crippen LogP contribution in [0, 0.1) is 18.8 Å². The zero-order valence-corrected chi connectivity index (χ0v) is 18.7. The van der Waals surface area contributed by atoms with Crippen molar-refractivity contribution in [3.05, 3.63) is 58.5 Å². The molecule has 9 heteroatoms. The van der Waals surface area contributed by atoms with E-state index in [1.165, 1.54) is 4.68 Å². The molecule has 3 aromatic rings. The van der Waals surface area contributed by atoms with Crippen molar-refractivity contribution in [2.75, 3.05) is 13.6 Å². The Morgan fingerprint density at radius 1 is 1.33 bits per heavy atom. The Hall–Kier alpha value is -3.46. The molecule has 5 heterocycles. The number of ether oxygens (including phenoxy) is 1. The lowest BCUT2D eigenvalue weighted by molar-refractivity contribution is -0.137. The summed E-state index contributed by atoms with van der Waals surface area (Å²) < 4.78 is 9.08. The molecule has 1 spiro atoms. The molecule has 3 aliphatic rings. The minimum absolute atomic E-state index is 0.0615. The molecule has 2 bridgehead atoms. The number of hydrogen-bond donors (Lipinski definition) is 1. The van der Waals surface area contributed by atoms with Crippen LogP contribution in [0.1, 0.15) is 12.5 Å². The SMILES string of the molecule is Cc1cc2ccccc2n2c(=O)n(C[C@H](C)NC(=O)[C@H]3[C@H]4C(=O)N(C)C[C@@]45C=C[C@H]3O5)nc12. The van der Waals surface area contributed by atoms with Crippen molar-refractivity contribution in [2.24, 2.45) is 11.8 Å². The first kappa shape index (κ1) is 20.2. The summed E-state index contributed by atoms with van der Waals surface area (Å²) >= 11 is 0. The van der Waals surface area contributed by atoms with Crippen LogP contribution in [0.3, 0.4) is 0 Å². The maximum absolute atomic E-state index is 13.2. The smallest absolute Gasteiger partial charge is 0.350 e. The van der Waals surface area contributed by atoms with Gasteiger partial charge in [0.25, 0.3) is 0 Å². The maximum Gasteiger partial charge on any atom is 0.350 e. The van der Waals surface area contributed by atoms with Crippen LogP contribution in [0.4, 0.5) is 0 Å². The fourth-order valence-electron chi connectivity index (χ4n) is 5.75. The van der Waals surface area contributed by atoms with Crippen LogP contribution in [-0.4, -0.2) is 62.2 Å². The van der Waals surface area contributed by atoms with Crippen molar-refractivity contribution in [3.8, 4) is 0 Å². The van der Waals surface area contributed by atoms with Gasteiger partial charge in [-0.1, -0.05) is 30.4 Å². The number of aromatic nitrogens is 3. The van der Waals surface area contributed by atoms with E-state index in [-0.39, 0.29) is 30.1 Å². The molecule has 0 saturated carbocycles. The normalized spacial score (nSPS) is 28.8. The quantitative estimate of drug-likeness (QED) is 0.599. The molecular formula is C24H25N5O4. The molecule has 1 N–H and O–H groups in total. The average molecular weight is 447 g/mol. The Labute approximate surface area is 189 Å². The third kappa shape index (κ3) is 2.75. The Balaban J connectivity index is 1.26. The Morgan fingerprint density at radius 3 is 2.94 bits per heavy atom. The van der Waals surface area contributed by atoms with Crippen LogP contribution in [0.2, 0.25) is 0 Å². The monoisotopic (exact) mass is 447 g/mol. The number of benzene rings is 1. The zero-order valence-electron chi connectivity index (χ0n) is 18.7. The minimum atomic E-state index is -0.696. The summed E-state index contributed by atoms with van der Waals surface area (Å²) in [6, 6.07) is 9.35. The number of likely N-dealkylation sites (N-methyl/N-ethyl adjacent to an activating group) is 1. The summed E-state index contributed by atoms with van der Waals surface area (Å²) in [5, 5.41) is 8.50. The molecule has 2 fully saturated rings. The number of amides is 2. The van der Waals surface area contributed by atoms with Crippen molar-refractivity contribution >= 4 is 28.4 Å². The molecular weight excluding hydrogens is 422 g/mol. The highest BCUT2D eigenvalue weighted by Gasteiger charge is 2.66. The molecule has 2 aromatic heterocycles. The highest BCUT2D eigenvalue weighted by atomic mass is 16.5. The number of rotatable bonds is 4. The van der Waals surface area contributed by atoms with E-state index in [2.05, 4.69) is 10.4 Å². The lowest BCUT2D eigenvalue weighted by Crippen LogP contribution is -2.47. The van der Waals surface area contributed by atoms with E-state index in [4.69, 9.17) is 4.74 Å². The van der Waals surface area contributed by atoms with E-state index in [1.807, 2.05) is 56.3 Å².